The maximum Gasteiger partial charge on any atom is 0.0457 e. The summed E-state index contributed by atoms with van der Waals surface area (Å²) in [5, 5.41) is 8.85. The molecule has 0 unspecified atom stereocenters. The van der Waals surface area contributed by atoms with Gasteiger partial charge < -0.3 is 15.6 Å². The van der Waals surface area contributed by atoms with E-state index >= 15 is 0 Å². The van der Waals surface area contributed by atoms with Crippen LogP contribution in [0.15, 0.2) is 30.5 Å². The molecule has 0 amide bonds. The van der Waals surface area contributed by atoms with Crippen molar-refractivity contribution in [3.05, 3.63) is 36.0 Å². The van der Waals surface area contributed by atoms with Crippen LogP contribution in [0.5, 0.6) is 0 Å². The number of aromatic amines is 1. The summed E-state index contributed by atoms with van der Waals surface area (Å²) in [4.78, 5) is 3.29. The number of hydrogen-bond donors (Lipinski definition) is 3. The molecule has 1 aromatic carbocycles. The number of aromatic nitrogens is 1. The van der Waals surface area contributed by atoms with Gasteiger partial charge in [0.25, 0.3) is 0 Å². The topological polar surface area (TPSA) is 39.9 Å². The Hall–Kier alpha value is -1.32. The number of hydrogen-bond acceptors (Lipinski definition) is 2. The Balaban J connectivity index is 1.71. The largest absolute Gasteiger partial charge is 0.361 e. The van der Waals surface area contributed by atoms with Gasteiger partial charge in [-0.1, -0.05) is 12.1 Å². The lowest BCUT2D eigenvalue weighted by molar-refractivity contribution is 0.145. The normalized spacial score (nSPS) is 21.7. The van der Waals surface area contributed by atoms with E-state index in [1.54, 1.807) is 0 Å². The molecular formula is C18H27N3. The van der Waals surface area contributed by atoms with Gasteiger partial charge in [-0.2, -0.15) is 0 Å². The molecule has 3 heteroatoms. The van der Waals surface area contributed by atoms with E-state index in [2.05, 4.69) is 67.6 Å². The second-order valence-corrected chi connectivity index (χ2v) is 7.73. The van der Waals surface area contributed by atoms with E-state index in [-0.39, 0.29) is 11.1 Å². The number of nitrogens with one attached hydrogen (secondary N) is 3. The van der Waals surface area contributed by atoms with Crippen LogP contribution in [0.1, 0.15) is 46.1 Å². The van der Waals surface area contributed by atoms with Crippen molar-refractivity contribution >= 4 is 10.9 Å². The van der Waals surface area contributed by atoms with Crippen LogP contribution in [-0.4, -0.2) is 22.1 Å². The molecule has 1 aliphatic heterocycles. The maximum absolute atomic E-state index is 3.78. The first-order valence-corrected chi connectivity index (χ1v) is 7.92. The summed E-state index contributed by atoms with van der Waals surface area (Å²) < 4.78 is 0. The van der Waals surface area contributed by atoms with Crippen LogP contribution in [0, 0.1) is 0 Å². The lowest BCUT2D eigenvalue weighted by atomic mass is 9.79. The monoisotopic (exact) mass is 285 g/mol. The molecule has 3 nitrogen and oxygen atoms in total. The summed E-state index contributed by atoms with van der Waals surface area (Å²) in [5.74, 6) is 0. The van der Waals surface area contributed by atoms with Crippen molar-refractivity contribution in [2.45, 2.75) is 64.2 Å². The predicted octanol–water partition coefficient (Wildman–Crippen LogP) is 3.57. The smallest absolute Gasteiger partial charge is 0.0457 e. The third-order valence-corrected chi connectivity index (χ3v) is 4.46. The Kier molecular flexibility index (Phi) is 3.58. The van der Waals surface area contributed by atoms with Gasteiger partial charge in [0.05, 0.1) is 0 Å². The Morgan fingerprint density at radius 2 is 1.81 bits per heavy atom. The number of benzene rings is 1. The molecule has 3 rings (SSSR count). The zero-order valence-electron chi connectivity index (χ0n) is 13.6. The molecule has 1 aliphatic rings. The molecule has 0 saturated carbocycles. The molecule has 0 spiro atoms. The zero-order chi connectivity index (χ0) is 15.1. The Bertz CT molecular complexity index is 608. The van der Waals surface area contributed by atoms with E-state index in [4.69, 9.17) is 0 Å². The van der Waals surface area contributed by atoms with Gasteiger partial charge in [-0.3, -0.25) is 0 Å². The highest BCUT2D eigenvalue weighted by atomic mass is 15.1. The highest BCUT2D eigenvalue weighted by molar-refractivity contribution is 5.82. The second-order valence-electron chi connectivity index (χ2n) is 7.73. The van der Waals surface area contributed by atoms with E-state index in [1.807, 2.05) is 6.20 Å². The lowest BCUT2D eigenvalue weighted by Crippen LogP contribution is -2.61. The average Bonchev–Trinajstić information content (AvgIpc) is 2.81. The van der Waals surface area contributed by atoms with Crippen LogP contribution in [0.4, 0.5) is 0 Å². The van der Waals surface area contributed by atoms with Crippen molar-refractivity contribution in [3.8, 4) is 0 Å². The van der Waals surface area contributed by atoms with E-state index in [0.29, 0.717) is 6.04 Å². The van der Waals surface area contributed by atoms with E-state index in [9.17, 15) is 0 Å². The van der Waals surface area contributed by atoms with Crippen molar-refractivity contribution in [1.29, 1.82) is 0 Å². The molecule has 0 radical (unpaired) electrons. The van der Waals surface area contributed by atoms with Gasteiger partial charge >= 0.3 is 0 Å². The molecule has 0 bridgehead atoms. The molecule has 0 aliphatic carbocycles. The SMILES string of the molecule is CC1(C)CC(NCc2cccc3[nH]ccc23)CC(C)(C)N1. The fraction of sp³-hybridized carbons (Fsp3) is 0.556. The number of fused-ring (bicyclic) bond motifs is 1. The van der Waals surface area contributed by atoms with Crippen LogP contribution < -0.4 is 10.6 Å². The van der Waals surface area contributed by atoms with Crippen LogP contribution in [0.25, 0.3) is 10.9 Å². The summed E-state index contributed by atoms with van der Waals surface area (Å²) in [6.07, 6.45) is 4.35. The number of piperidine rings is 1. The first kappa shape index (κ1) is 14.6. The standard InChI is InChI=1S/C18H27N3/c1-17(2)10-14(11-18(3,4)21-17)20-12-13-6-5-7-16-15(13)8-9-19-16/h5-9,14,19-21H,10-12H2,1-4H3. The van der Waals surface area contributed by atoms with E-state index < -0.39 is 0 Å². The molecule has 1 aromatic heterocycles. The Morgan fingerprint density at radius 3 is 2.52 bits per heavy atom. The van der Waals surface area contributed by atoms with Crippen molar-refractivity contribution < 1.29 is 0 Å². The third-order valence-electron chi connectivity index (χ3n) is 4.46. The average molecular weight is 285 g/mol. The highest BCUT2D eigenvalue weighted by Gasteiger charge is 2.37. The molecule has 114 valence electrons. The highest BCUT2D eigenvalue weighted by Crippen LogP contribution is 2.29. The fourth-order valence-electron chi connectivity index (χ4n) is 4.03. The van der Waals surface area contributed by atoms with Crippen molar-refractivity contribution in [2.75, 3.05) is 0 Å². The molecule has 21 heavy (non-hydrogen) atoms. The molecule has 0 atom stereocenters. The Labute approximate surface area is 127 Å². The molecule has 3 N–H and O–H groups in total. The molecule has 1 fully saturated rings. The minimum Gasteiger partial charge on any atom is -0.361 e. The van der Waals surface area contributed by atoms with Crippen molar-refractivity contribution in [1.82, 2.24) is 15.6 Å². The first-order chi connectivity index (χ1) is 9.85. The predicted molar refractivity (Wildman–Crippen MR) is 89.5 cm³/mol. The summed E-state index contributed by atoms with van der Waals surface area (Å²) in [7, 11) is 0. The molecule has 1 saturated heterocycles. The van der Waals surface area contributed by atoms with Gasteiger partial charge in [0.15, 0.2) is 0 Å². The minimum absolute atomic E-state index is 0.194. The summed E-state index contributed by atoms with van der Waals surface area (Å²) in [6, 6.07) is 9.22. The first-order valence-electron chi connectivity index (χ1n) is 7.92. The van der Waals surface area contributed by atoms with Crippen LogP contribution in [0.3, 0.4) is 0 Å². The summed E-state index contributed by atoms with van der Waals surface area (Å²) >= 11 is 0. The van der Waals surface area contributed by atoms with Crippen LogP contribution in [-0.2, 0) is 6.54 Å². The second kappa shape index (κ2) is 5.15. The van der Waals surface area contributed by atoms with Gasteiger partial charge in [0, 0.05) is 40.8 Å². The van der Waals surface area contributed by atoms with Gasteiger partial charge in [-0.25, -0.2) is 0 Å². The van der Waals surface area contributed by atoms with Gasteiger partial charge in [0.2, 0.25) is 0 Å². The molecule has 2 heterocycles. The quantitative estimate of drug-likeness (QED) is 0.807. The van der Waals surface area contributed by atoms with E-state index in [0.717, 1.165) is 6.54 Å². The van der Waals surface area contributed by atoms with Crippen molar-refractivity contribution in [3.63, 3.8) is 0 Å². The lowest BCUT2D eigenvalue weighted by Gasteiger charge is -2.46. The van der Waals surface area contributed by atoms with Crippen LogP contribution in [0.2, 0.25) is 0 Å². The Morgan fingerprint density at radius 1 is 1.10 bits per heavy atom. The zero-order valence-corrected chi connectivity index (χ0v) is 13.6. The minimum atomic E-state index is 0.194. The van der Waals surface area contributed by atoms with Crippen LogP contribution >= 0.6 is 0 Å². The molecule has 2 aromatic rings. The number of rotatable bonds is 3. The van der Waals surface area contributed by atoms with Gasteiger partial charge in [-0.15, -0.1) is 0 Å². The van der Waals surface area contributed by atoms with Gasteiger partial charge in [0.1, 0.15) is 0 Å². The number of H-pyrrole nitrogens is 1. The maximum atomic E-state index is 3.78. The molecular weight excluding hydrogens is 258 g/mol. The van der Waals surface area contributed by atoms with Gasteiger partial charge in [-0.05, 0) is 58.2 Å². The van der Waals surface area contributed by atoms with E-state index in [1.165, 1.54) is 29.3 Å². The summed E-state index contributed by atoms with van der Waals surface area (Å²) in [6.45, 7) is 10.1. The fourth-order valence-corrected chi connectivity index (χ4v) is 4.03. The summed E-state index contributed by atoms with van der Waals surface area (Å²) in [5.41, 5.74) is 2.99. The third kappa shape index (κ3) is 3.30. The van der Waals surface area contributed by atoms with Crippen molar-refractivity contribution in [2.24, 2.45) is 0 Å².